The van der Waals surface area contributed by atoms with Gasteiger partial charge in [-0.15, -0.1) is 0 Å². The zero-order valence-corrected chi connectivity index (χ0v) is 9.53. The number of carbonyl (C=O) groups is 3. The number of rotatable bonds is 0. The Labute approximate surface area is 102 Å². The maximum absolute atomic E-state index is 11.3. The van der Waals surface area contributed by atoms with Gasteiger partial charge in [-0.3, -0.25) is 14.4 Å². The van der Waals surface area contributed by atoms with Gasteiger partial charge in [-0.25, -0.2) is 0 Å². The summed E-state index contributed by atoms with van der Waals surface area (Å²) in [4.78, 5) is 33.9. The van der Waals surface area contributed by atoms with Crippen LogP contribution in [0.25, 0.3) is 0 Å². The van der Waals surface area contributed by atoms with Gasteiger partial charge >= 0.3 is 17.9 Å². The Hall–Kier alpha value is -1.71. The first-order valence-corrected chi connectivity index (χ1v) is 5.18. The summed E-state index contributed by atoms with van der Waals surface area (Å²) < 4.78 is 14.0. The molecule has 0 aromatic heterocycles. The zero-order chi connectivity index (χ0) is 13.7. The summed E-state index contributed by atoms with van der Waals surface area (Å²) in [6.07, 6.45) is 0. The SMILES string of the molecule is N[C@@H]1COC(=O)[C@H](N)COC(=O)[C@H](N)COC1=O. The number of cyclic esters (lactones) is 3. The van der Waals surface area contributed by atoms with Crippen molar-refractivity contribution in [2.45, 2.75) is 18.1 Å². The third-order valence-corrected chi connectivity index (χ3v) is 2.12. The number of hydrogen-bond donors (Lipinski definition) is 3. The fraction of sp³-hybridized carbons (Fsp3) is 0.667. The lowest BCUT2D eigenvalue weighted by molar-refractivity contribution is -0.159. The van der Waals surface area contributed by atoms with Gasteiger partial charge in [0, 0.05) is 0 Å². The zero-order valence-electron chi connectivity index (χ0n) is 9.53. The van der Waals surface area contributed by atoms with E-state index in [2.05, 4.69) is 14.2 Å². The molecule has 0 spiro atoms. The fourth-order valence-electron chi connectivity index (χ4n) is 1.04. The number of hydrogen-bond acceptors (Lipinski definition) is 9. The molecule has 1 aliphatic rings. The number of carbonyl (C=O) groups excluding carboxylic acids is 3. The minimum Gasteiger partial charge on any atom is -0.462 e. The Kier molecular flexibility index (Phi) is 5.01. The van der Waals surface area contributed by atoms with E-state index in [0.29, 0.717) is 0 Å². The summed E-state index contributed by atoms with van der Waals surface area (Å²) >= 11 is 0. The quantitative estimate of drug-likeness (QED) is 0.298. The number of nitrogens with two attached hydrogens (primary N) is 3. The maximum atomic E-state index is 11.3. The Bertz CT molecular complexity index is 295. The predicted molar refractivity (Wildman–Crippen MR) is 56.8 cm³/mol. The monoisotopic (exact) mass is 261 g/mol. The van der Waals surface area contributed by atoms with Gasteiger partial charge in [-0.1, -0.05) is 0 Å². The van der Waals surface area contributed by atoms with E-state index in [0.717, 1.165) is 0 Å². The molecule has 1 aliphatic heterocycles. The Balaban J connectivity index is 2.70. The van der Waals surface area contributed by atoms with Gasteiger partial charge in [0.25, 0.3) is 0 Å². The smallest absolute Gasteiger partial charge is 0.326 e. The summed E-state index contributed by atoms with van der Waals surface area (Å²) in [5.74, 6) is -2.50. The number of ether oxygens (including phenoxy) is 3. The summed E-state index contributed by atoms with van der Waals surface area (Å²) in [5.41, 5.74) is 16.2. The van der Waals surface area contributed by atoms with Crippen LogP contribution < -0.4 is 17.2 Å². The highest BCUT2D eigenvalue weighted by molar-refractivity contribution is 5.80. The fourth-order valence-corrected chi connectivity index (χ4v) is 1.04. The van der Waals surface area contributed by atoms with Crippen LogP contribution in [0.3, 0.4) is 0 Å². The van der Waals surface area contributed by atoms with Crippen LogP contribution in [0.15, 0.2) is 0 Å². The maximum Gasteiger partial charge on any atom is 0.326 e. The molecule has 0 aromatic carbocycles. The molecule has 9 nitrogen and oxygen atoms in total. The molecule has 18 heavy (non-hydrogen) atoms. The van der Waals surface area contributed by atoms with Crippen LogP contribution in [-0.2, 0) is 28.6 Å². The van der Waals surface area contributed by atoms with Crippen molar-refractivity contribution in [1.82, 2.24) is 0 Å². The second kappa shape index (κ2) is 6.28. The van der Waals surface area contributed by atoms with Gasteiger partial charge in [-0.2, -0.15) is 0 Å². The van der Waals surface area contributed by atoms with E-state index >= 15 is 0 Å². The van der Waals surface area contributed by atoms with E-state index in [-0.39, 0.29) is 19.8 Å². The first-order chi connectivity index (χ1) is 8.41. The van der Waals surface area contributed by atoms with Gasteiger partial charge in [0.1, 0.15) is 37.9 Å². The van der Waals surface area contributed by atoms with Gasteiger partial charge in [0.2, 0.25) is 0 Å². The predicted octanol–water partition coefficient (Wildman–Crippen LogP) is -3.39. The molecule has 1 saturated heterocycles. The second-order valence-electron chi connectivity index (χ2n) is 3.71. The Morgan fingerprint density at radius 3 is 1.11 bits per heavy atom. The summed E-state index contributed by atoms with van der Waals surface area (Å²) in [6.45, 7) is -1.10. The minimum atomic E-state index is -1.15. The molecule has 0 aromatic rings. The van der Waals surface area contributed by atoms with Crippen molar-refractivity contribution >= 4 is 17.9 Å². The molecule has 3 atom stereocenters. The molecule has 0 amide bonds. The van der Waals surface area contributed by atoms with Gasteiger partial charge < -0.3 is 31.4 Å². The van der Waals surface area contributed by atoms with Crippen molar-refractivity contribution in [2.24, 2.45) is 17.2 Å². The number of esters is 3. The highest BCUT2D eigenvalue weighted by Gasteiger charge is 2.26. The molecule has 9 heteroatoms. The molecule has 102 valence electrons. The minimum absolute atomic E-state index is 0.367. The normalized spacial score (nSPS) is 31.5. The van der Waals surface area contributed by atoms with Crippen molar-refractivity contribution < 1.29 is 28.6 Å². The molecule has 1 rings (SSSR count). The van der Waals surface area contributed by atoms with Crippen molar-refractivity contribution in [3.8, 4) is 0 Å². The van der Waals surface area contributed by atoms with Crippen LogP contribution in [0.1, 0.15) is 0 Å². The highest BCUT2D eigenvalue weighted by atomic mass is 16.6. The summed E-state index contributed by atoms with van der Waals surface area (Å²) in [7, 11) is 0. The van der Waals surface area contributed by atoms with Crippen LogP contribution in [0.4, 0.5) is 0 Å². The third kappa shape index (κ3) is 3.95. The van der Waals surface area contributed by atoms with Crippen molar-refractivity contribution in [3.05, 3.63) is 0 Å². The van der Waals surface area contributed by atoms with E-state index in [1.807, 2.05) is 0 Å². The van der Waals surface area contributed by atoms with Gasteiger partial charge in [0.15, 0.2) is 0 Å². The summed E-state index contributed by atoms with van der Waals surface area (Å²) in [5, 5.41) is 0. The highest BCUT2D eigenvalue weighted by Crippen LogP contribution is 1.97. The van der Waals surface area contributed by atoms with Crippen molar-refractivity contribution in [1.29, 1.82) is 0 Å². The van der Waals surface area contributed by atoms with Crippen molar-refractivity contribution in [2.75, 3.05) is 19.8 Å². The van der Waals surface area contributed by atoms with E-state index in [9.17, 15) is 14.4 Å². The molecular formula is C9H15N3O6. The standard InChI is InChI=1S/C9H15N3O6/c10-4-1-16-8(14)5(11)2-18-9(15)6(12)3-17-7(4)13/h4-6H,1-3,10-12H2/t4-,5-,6-/m1/s1. The molecule has 6 N–H and O–H groups in total. The second-order valence-corrected chi connectivity index (χ2v) is 3.71. The van der Waals surface area contributed by atoms with Crippen LogP contribution in [0, 0.1) is 0 Å². The largest absolute Gasteiger partial charge is 0.462 e. The molecule has 0 bridgehead atoms. The summed E-state index contributed by atoms with van der Waals surface area (Å²) in [6, 6.07) is -3.45. The van der Waals surface area contributed by atoms with E-state index < -0.39 is 36.0 Å². The van der Waals surface area contributed by atoms with Crippen LogP contribution >= 0.6 is 0 Å². The molecule has 1 heterocycles. The topological polar surface area (TPSA) is 157 Å². The van der Waals surface area contributed by atoms with Crippen molar-refractivity contribution in [3.63, 3.8) is 0 Å². The molecule has 0 aliphatic carbocycles. The van der Waals surface area contributed by atoms with Crippen LogP contribution in [0.2, 0.25) is 0 Å². The van der Waals surface area contributed by atoms with Gasteiger partial charge in [-0.05, 0) is 0 Å². The molecule has 1 fully saturated rings. The lowest BCUT2D eigenvalue weighted by Crippen LogP contribution is -2.47. The molecule has 0 saturated carbocycles. The Morgan fingerprint density at radius 2 is 0.889 bits per heavy atom. The van der Waals surface area contributed by atoms with Crippen LogP contribution in [-0.4, -0.2) is 55.9 Å². The van der Waals surface area contributed by atoms with E-state index in [4.69, 9.17) is 17.2 Å². The first-order valence-electron chi connectivity index (χ1n) is 5.18. The third-order valence-electron chi connectivity index (χ3n) is 2.12. The van der Waals surface area contributed by atoms with Crippen LogP contribution in [0.5, 0.6) is 0 Å². The lowest BCUT2D eigenvalue weighted by atomic mass is 10.3. The average Bonchev–Trinajstić information content (AvgIpc) is 2.36. The van der Waals surface area contributed by atoms with E-state index in [1.54, 1.807) is 0 Å². The first kappa shape index (κ1) is 14.4. The van der Waals surface area contributed by atoms with Gasteiger partial charge in [0.05, 0.1) is 0 Å². The lowest BCUT2D eigenvalue weighted by Gasteiger charge is -2.18. The molecular weight excluding hydrogens is 246 g/mol. The average molecular weight is 261 g/mol. The van der Waals surface area contributed by atoms with E-state index in [1.165, 1.54) is 0 Å². The molecule has 0 unspecified atom stereocenters. The molecule has 0 radical (unpaired) electrons. The Morgan fingerprint density at radius 1 is 0.667 bits per heavy atom.